The standard InChI is InChI=1S/C27H25FN2O7S2/c1-35-22-13-19(26(31)29-18-9-10-24-17(11-18)12-25(38-24)27(32)37-3)21(14-23(22)36-2)30(39(4,33)34)15-16-7-5-6-8-20(16)28/h5-14H,15H2,1-4H3,(H,29,31). The Morgan fingerprint density at radius 2 is 1.67 bits per heavy atom. The summed E-state index contributed by atoms with van der Waals surface area (Å²) >= 11 is 1.25. The first-order valence-corrected chi connectivity index (χ1v) is 14.1. The van der Waals surface area contributed by atoms with Crippen LogP contribution in [-0.2, 0) is 21.3 Å². The largest absolute Gasteiger partial charge is 0.493 e. The van der Waals surface area contributed by atoms with Gasteiger partial charge in [-0.15, -0.1) is 11.3 Å². The molecule has 0 aliphatic rings. The molecule has 0 aliphatic carbocycles. The number of esters is 1. The average molecular weight is 573 g/mol. The van der Waals surface area contributed by atoms with Crippen molar-refractivity contribution in [2.75, 3.05) is 37.2 Å². The summed E-state index contributed by atoms with van der Waals surface area (Å²) in [6, 6.07) is 15.3. The van der Waals surface area contributed by atoms with E-state index >= 15 is 0 Å². The van der Waals surface area contributed by atoms with Crippen LogP contribution in [0.15, 0.2) is 60.7 Å². The molecule has 0 bridgehead atoms. The third-order valence-corrected chi connectivity index (χ3v) is 8.07. The second-order valence-electron chi connectivity index (χ2n) is 8.39. The van der Waals surface area contributed by atoms with Gasteiger partial charge in [-0.3, -0.25) is 9.10 Å². The van der Waals surface area contributed by atoms with E-state index in [1.54, 1.807) is 30.3 Å². The number of thiophene rings is 1. The van der Waals surface area contributed by atoms with Crippen LogP contribution in [0.5, 0.6) is 11.5 Å². The molecule has 39 heavy (non-hydrogen) atoms. The Kier molecular flexibility index (Phi) is 8.07. The van der Waals surface area contributed by atoms with Gasteiger partial charge in [0.15, 0.2) is 11.5 Å². The highest BCUT2D eigenvalue weighted by Crippen LogP contribution is 2.38. The van der Waals surface area contributed by atoms with Crippen molar-refractivity contribution < 1.29 is 36.6 Å². The minimum atomic E-state index is -4.00. The fraction of sp³-hybridized carbons (Fsp3) is 0.185. The van der Waals surface area contributed by atoms with Crippen molar-refractivity contribution in [2.24, 2.45) is 0 Å². The maximum atomic E-state index is 14.5. The Morgan fingerprint density at radius 3 is 2.31 bits per heavy atom. The van der Waals surface area contributed by atoms with Crippen LogP contribution in [0.3, 0.4) is 0 Å². The first kappa shape index (κ1) is 27.9. The predicted octanol–water partition coefficient (Wildman–Crippen LogP) is 5.06. The first-order valence-electron chi connectivity index (χ1n) is 11.5. The molecule has 3 aromatic carbocycles. The number of nitrogens with one attached hydrogen (secondary N) is 1. The minimum Gasteiger partial charge on any atom is -0.493 e. The van der Waals surface area contributed by atoms with E-state index in [9.17, 15) is 22.4 Å². The number of fused-ring (bicyclic) bond motifs is 1. The molecule has 0 radical (unpaired) electrons. The first-order chi connectivity index (χ1) is 18.5. The van der Waals surface area contributed by atoms with Gasteiger partial charge in [0.2, 0.25) is 10.0 Å². The summed E-state index contributed by atoms with van der Waals surface area (Å²) < 4.78 is 57.6. The molecule has 0 unspecified atom stereocenters. The molecule has 1 aromatic heterocycles. The molecule has 1 N–H and O–H groups in total. The zero-order valence-electron chi connectivity index (χ0n) is 21.5. The monoisotopic (exact) mass is 572 g/mol. The van der Waals surface area contributed by atoms with Gasteiger partial charge >= 0.3 is 5.97 Å². The Morgan fingerprint density at radius 1 is 0.974 bits per heavy atom. The fourth-order valence-corrected chi connectivity index (χ4v) is 5.78. The molecule has 0 saturated heterocycles. The summed E-state index contributed by atoms with van der Waals surface area (Å²) in [4.78, 5) is 25.9. The number of anilines is 2. The van der Waals surface area contributed by atoms with E-state index in [0.29, 0.717) is 16.0 Å². The number of hydrogen-bond donors (Lipinski definition) is 1. The van der Waals surface area contributed by atoms with Gasteiger partial charge in [-0.05, 0) is 41.8 Å². The topological polar surface area (TPSA) is 111 Å². The second-order valence-corrected chi connectivity index (χ2v) is 11.4. The summed E-state index contributed by atoms with van der Waals surface area (Å²) in [6.45, 7) is -0.363. The lowest BCUT2D eigenvalue weighted by molar-refractivity contribution is 0.0606. The highest BCUT2D eigenvalue weighted by molar-refractivity contribution is 7.92. The highest BCUT2D eigenvalue weighted by Gasteiger charge is 2.27. The molecule has 1 heterocycles. The Balaban J connectivity index is 1.78. The zero-order valence-corrected chi connectivity index (χ0v) is 23.1. The van der Waals surface area contributed by atoms with Crippen molar-refractivity contribution in [1.29, 1.82) is 0 Å². The minimum absolute atomic E-state index is 0.0273. The summed E-state index contributed by atoms with van der Waals surface area (Å²) in [5, 5.41) is 3.48. The molecule has 0 saturated carbocycles. The maximum absolute atomic E-state index is 14.5. The van der Waals surface area contributed by atoms with Crippen LogP contribution in [0.2, 0.25) is 0 Å². The Bertz CT molecular complexity index is 1670. The van der Waals surface area contributed by atoms with Crippen LogP contribution in [0, 0.1) is 5.82 Å². The summed E-state index contributed by atoms with van der Waals surface area (Å²) in [5.41, 5.74) is 0.450. The average Bonchev–Trinajstić information content (AvgIpc) is 3.34. The van der Waals surface area contributed by atoms with Crippen molar-refractivity contribution >= 4 is 54.7 Å². The third kappa shape index (κ3) is 5.96. The number of sulfonamides is 1. The van der Waals surface area contributed by atoms with Crippen LogP contribution in [-0.4, -0.2) is 47.9 Å². The van der Waals surface area contributed by atoms with Gasteiger partial charge in [0, 0.05) is 22.0 Å². The van der Waals surface area contributed by atoms with Gasteiger partial charge in [-0.25, -0.2) is 17.6 Å². The number of hydrogen-bond acceptors (Lipinski definition) is 8. The molecular formula is C27H25FN2O7S2. The lowest BCUT2D eigenvalue weighted by Gasteiger charge is -2.26. The second kappa shape index (κ2) is 11.3. The number of amides is 1. The van der Waals surface area contributed by atoms with Gasteiger partial charge in [-0.1, -0.05) is 18.2 Å². The summed E-state index contributed by atoms with van der Waals surface area (Å²) in [6.07, 6.45) is 0.968. The number of benzene rings is 3. The van der Waals surface area contributed by atoms with Gasteiger partial charge in [0.1, 0.15) is 10.7 Å². The molecule has 0 spiro atoms. The Labute approximate surface area is 228 Å². The van der Waals surface area contributed by atoms with Gasteiger partial charge in [-0.2, -0.15) is 0 Å². The predicted molar refractivity (Wildman–Crippen MR) is 148 cm³/mol. The number of carbonyl (C=O) groups is 2. The molecule has 0 fully saturated rings. The number of nitrogens with zero attached hydrogens (tertiary/aromatic N) is 1. The number of rotatable bonds is 9. The molecule has 1 amide bonds. The highest BCUT2D eigenvalue weighted by atomic mass is 32.2. The van der Waals surface area contributed by atoms with E-state index in [1.807, 2.05) is 0 Å². The molecule has 9 nitrogen and oxygen atoms in total. The third-order valence-electron chi connectivity index (χ3n) is 5.85. The van der Waals surface area contributed by atoms with Gasteiger partial charge < -0.3 is 19.5 Å². The number of ether oxygens (including phenoxy) is 3. The van der Waals surface area contributed by atoms with E-state index < -0.39 is 27.7 Å². The van der Waals surface area contributed by atoms with Crippen molar-refractivity contribution in [2.45, 2.75) is 6.54 Å². The number of carbonyl (C=O) groups excluding carboxylic acids is 2. The van der Waals surface area contributed by atoms with Crippen molar-refractivity contribution in [3.05, 3.63) is 82.5 Å². The number of methoxy groups -OCH3 is 3. The van der Waals surface area contributed by atoms with Gasteiger partial charge in [0.05, 0.1) is 45.4 Å². The molecule has 4 rings (SSSR count). The van der Waals surface area contributed by atoms with E-state index in [2.05, 4.69) is 5.32 Å². The fourth-order valence-electron chi connectivity index (χ4n) is 3.94. The van der Waals surface area contributed by atoms with Crippen molar-refractivity contribution in [3.63, 3.8) is 0 Å². The lowest BCUT2D eigenvalue weighted by Crippen LogP contribution is -2.32. The number of halogens is 1. The summed E-state index contributed by atoms with van der Waals surface area (Å²) in [5.74, 6) is -1.32. The van der Waals surface area contributed by atoms with Crippen LogP contribution in [0.4, 0.5) is 15.8 Å². The zero-order chi connectivity index (χ0) is 28.3. The lowest BCUT2D eigenvalue weighted by atomic mass is 10.1. The van der Waals surface area contributed by atoms with Crippen LogP contribution >= 0.6 is 11.3 Å². The van der Waals surface area contributed by atoms with E-state index in [-0.39, 0.29) is 34.9 Å². The van der Waals surface area contributed by atoms with E-state index in [0.717, 1.165) is 15.3 Å². The molecule has 0 aliphatic heterocycles. The quantitative estimate of drug-likeness (QED) is 0.279. The van der Waals surface area contributed by atoms with E-state index in [1.165, 1.54) is 63.0 Å². The normalized spacial score (nSPS) is 11.2. The maximum Gasteiger partial charge on any atom is 0.348 e. The van der Waals surface area contributed by atoms with Gasteiger partial charge in [0.25, 0.3) is 5.91 Å². The molecule has 4 aromatic rings. The van der Waals surface area contributed by atoms with Crippen LogP contribution in [0.1, 0.15) is 25.6 Å². The molecular weight excluding hydrogens is 547 g/mol. The smallest absolute Gasteiger partial charge is 0.348 e. The van der Waals surface area contributed by atoms with E-state index in [4.69, 9.17) is 14.2 Å². The Hall–Kier alpha value is -4.16. The SMILES string of the molecule is COC(=O)c1cc2cc(NC(=O)c3cc(OC)c(OC)cc3N(Cc3ccccc3F)S(C)(=O)=O)ccc2s1. The van der Waals surface area contributed by atoms with Crippen molar-refractivity contribution in [3.8, 4) is 11.5 Å². The molecule has 0 atom stereocenters. The summed E-state index contributed by atoms with van der Waals surface area (Å²) in [7, 11) is 0.0633. The molecule has 204 valence electrons. The molecule has 12 heteroatoms. The van der Waals surface area contributed by atoms with Crippen LogP contribution in [0.25, 0.3) is 10.1 Å². The van der Waals surface area contributed by atoms with Crippen LogP contribution < -0.4 is 19.1 Å². The van der Waals surface area contributed by atoms with Crippen molar-refractivity contribution in [1.82, 2.24) is 0 Å².